The number of alkyl halides is 3. The normalized spacial score (nSPS) is 14.2. The zero-order chi connectivity index (χ0) is 23.3. The van der Waals surface area contributed by atoms with Crippen molar-refractivity contribution in [3.05, 3.63) is 101 Å². The first-order chi connectivity index (χ1) is 15.9. The molecule has 168 valence electrons. The second-order valence-corrected chi connectivity index (χ2v) is 7.92. The first-order valence-corrected chi connectivity index (χ1v) is 10.8. The topological polar surface area (TPSA) is 36.3 Å². The number of anilines is 1. The van der Waals surface area contributed by atoms with Crippen LogP contribution in [0.1, 0.15) is 35.1 Å². The zero-order valence-electron chi connectivity index (χ0n) is 18.0. The molecule has 0 radical (unpaired) electrons. The van der Waals surface area contributed by atoms with E-state index in [0.29, 0.717) is 25.4 Å². The summed E-state index contributed by atoms with van der Waals surface area (Å²) in [6, 6.07) is 23.4. The summed E-state index contributed by atoms with van der Waals surface area (Å²) in [5.74, 6) is 0.788. The van der Waals surface area contributed by atoms with Crippen molar-refractivity contribution in [1.82, 2.24) is 0 Å². The van der Waals surface area contributed by atoms with Gasteiger partial charge in [0.05, 0.1) is 17.2 Å². The number of allylic oxidation sites excluding steroid dienone is 1. The maximum Gasteiger partial charge on any atom is 0.417 e. The highest BCUT2D eigenvalue weighted by Crippen LogP contribution is 2.35. The molecule has 0 atom stereocenters. The Morgan fingerprint density at radius 2 is 1.73 bits per heavy atom. The van der Waals surface area contributed by atoms with Gasteiger partial charge in [-0.2, -0.15) is 18.4 Å². The molecule has 1 aliphatic heterocycles. The summed E-state index contributed by atoms with van der Waals surface area (Å²) in [5.41, 5.74) is 2.58. The average Bonchev–Trinajstić information content (AvgIpc) is 3.09. The molecule has 4 rings (SSSR count). The molecule has 3 nitrogen and oxygen atoms in total. The predicted octanol–water partition coefficient (Wildman–Crippen LogP) is 6.84. The van der Waals surface area contributed by atoms with Gasteiger partial charge in [0.2, 0.25) is 0 Å². The smallest absolute Gasteiger partial charge is 0.417 e. The summed E-state index contributed by atoms with van der Waals surface area (Å²) >= 11 is 0. The fourth-order valence-electron chi connectivity index (χ4n) is 3.94. The second kappa shape index (κ2) is 9.83. The quantitative estimate of drug-likeness (QED) is 0.429. The molecule has 0 saturated heterocycles. The monoisotopic (exact) mass is 448 g/mol. The summed E-state index contributed by atoms with van der Waals surface area (Å²) in [6.45, 7) is 1.65. The SMILES string of the molecule is N#Cc1ccc(N2CC=C(c3ccc(OCc4ccccc4)cc3)CCC2)cc1C(F)(F)F. The van der Waals surface area contributed by atoms with Crippen LogP contribution in [0.25, 0.3) is 5.57 Å². The minimum Gasteiger partial charge on any atom is -0.489 e. The Balaban J connectivity index is 1.45. The van der Waals surface area contributed by atoms with Crippen LogP contribution >= 0.6 is 0 Å². The largest absolute Gasteiger partial charge is 0.489 e. The Kier molecular flexibility index (Phi) is 6.69. The zero-order valence-corrected chi connectivity index (χ0v) is 18.0. The lowest BCUT2D eigenvalue weighted by Crippen LogP contribution is -2.24. The van der Waals surface area contributed by atoms with Gasteiger partial charge in [-0.1, -0.05) is 48.5 Å². The number of hydrogen-bond acceptors (Lipinski definition) is 3. The maximum atomic E-state index is 13.3. The fourth-order valence-corrected chi connectivity index (χ4v) is 3.94. The molecular formula is C27H23F3N2O. The molecule has 33 heavy (non-hydrogen) atoms. The van der Waals surface area contributed by atoms with E-state index >= 15 is 0 Å². The molecule has 3 aromatic carbocycles. The van der Waals surface area contributed by atoms with E-state index < -0.39 is 11.7 Å². The number of hydrogen-bond donors (Lipinski definition) is 0. The number of halogens is 3. The summed E-state index contributed by atoms with van der Waals surface area (Å²) in [6.07, 6.45) is -0.834. The Morgan fingerprint density at radius 1 is 0.970 bits per heavy atom. The lowest BCUT2D eigenvalue weighted by atomic mass is 10.0. The van der Waals surface area contributed by atoms with Gasteiger partial charge in [-0.15, -0.1) is 0 Å². The van der Waals surface area contributed by atoms with Crippen LogP contribution < -0.4 is 9.64 Å². The van der Waals surface area contributed by atoms with Gasteiger partial charge in [-0.05, 0) is 59.9 Å². The maximum absolute atomic E-state index is 13.3. The van der Waals surface area contributed by atoms with Crippen molar-refractivity contribution in [3.63, 3.8) is 0 Å². The third-order valence-electron chi connectivity index (χ3n) is 5.70. The molecule has 3 aromatic rings. The lowest BCUT2D eigenvalue weighted by molar-refractivity contribution is -0.137. The van der Waals surface area contributed by atoms with Crippen molar-refractivity contribution in [2.75, 3.05) is 18.0 Å². The van der Waals surface area contributed by atoms with Crippen molar-refractivity contribution in [1.29, 1.82) is 5.26 Å². The first-order valence-electron chi connectivity index (χ1n) is 10.8. The highest BCUT2D eigenvalue weighted by Gasteiger charge is 2.34. The molecule has 0 fully saturated rings. The van der Waals surface area contributed by atoms with Crippen LogP contribution in [0.5, 0.6) is 5.75 Å². The van der Waals surface area contributed by atoms with Crippen molar-refractivity contribution >= 4 is 11.3 Å². The van der Waals surface area contributed by atoms with Gasteiger partial charge in [0.15, 0.2) is 0 Å². The molecule has 1 heterocycles. The van der Waals surface area contributed by atoms with E-state index in [1.165, 1.54) is 6.07 Å². The van der Waals surface area contributed by atoms with Crippen LogP contribution in [0.4, 0.5) is 18.9 Å². The molecule has 0 unspecified atom stereocenters. The van der Waals surface area contributed by atoms with Gasteiger partial charge >= 0.3 is 6.18 Å². The minimum absolute atomic E-state index is 0.355. The van der Waals surface area contributed by atoms with E-state index in [2.05, 4.69) is 6.08 Å². The molecule has 0 saturated carbocycles. The van der Waals surface area contributed by atoms with Gasteiger partial charge in [-0.3, -0.25) is 0 Å². The van der Waals surface area contributed by atoms with Crippen molar-refractivity contribution in [2.24, 2.45) is 0 Å². The predicted molar refractivity (Wildman–Crippen MR) is 123 cm³/mol. The van der Waals surface area contributed by atoms with Gasteiger partial charge in [0.1, 0.15) is 12.4 Å². The molecule has 0 aliphatic carbocycles. The number of rotatable bonds is 5. The molecule has 0 N–H and O–H groups in total. The molecule has 0 spiro atoms. The second-order valence-electron chi connectivity index (χ2n) is 7.92. The number of ether oxygens (including phenoxy) is 1. The molecule has 0 bridgehead atoms. The van der Waals surface area contributed by atoms with Crippen LogP contribution in [-0.2, 0) is 12.8 Å². The van der Waals surface area contributed by atoms with Crippen LogP contribution in [0.15, 0.2) is 78.9 Å². The third-order valence-corrected chi connectivity index (χ3v) is 5.70. The molecular weight excluding hydrogens is 425 g/mol. The summed E-state index contributed by atoms with van der Waals surface area (Å²) < 4.78 is 45.9. The van der Waals surface area contributed by atoms with Gasteiger partial charge in [0.25, 0.3) is 0 Å². The lowest BCUT2D eigenvalue weighted by Gasteiger charge is -2.23. The van der Waals surface area contributed by atoms with Gasteiger partial charge < -0.3 is 9.64 Å². The summed E-state index contributed by atoms with van der Waals surface area (Å²) in [7, 11) is 0. The van der Waals surface area contributed by atoms with Gasteiger partial charge in [0, 0.05) is 18.8 Å². The van der Waals surface area contributed by atoms with Crippen molar-refractivity contribution < 1.29 is 17.9 Å². The Hall–Kier alpha value is -3.72. The van der Waals surface area contributed by atoms with E-state index in [4.69, 9.17) is 10.00 Å². The first kappa shape index (κ1) is 22.5. The van der Waals surface area contributed by atoms with E-state index in [0.717, 1.165) is 41.4 Å². The van der Waals surface area contributed by atoms with Crippen LogP contribution in [0, 0.1) is 11.3 Å². The van der Waals surface area contributed by atoms with E-state index in [1.807, 2.05) is 59.5 Å². The summed E-state index contributed by atoms with van der Waals surface area (Å²) in [4.78, 5) is 1.92. The Morgan fingerprint density at radius 3 is 2.42 bits per heavy atom. The number of benzene rings is 3. The van der Waals surface area contributed by atoms with Crippen LogP contribution in [0.3, 0.4) is 0 Å². The number of nitrogens with zero attached hydrogens (tertiary/aromatic N) is 2. The van der Waals surface area contributed by atoms with E-state index in [-0.39, 0.29) is 5.56 Å². The van der Waals surface area contributed by atoms with Crippen LogP contribution in [-0.4, -0.2) is 13.1 Å². The van der Waals surface area contributed by atoms with Gasteiger partial charge in [-0.25, -0.2) is 0 Å². The molecule has 6 heteroatoms. The minimum atomic E-state index is -4.56. The summed E-state index contributed by atoms with van der Waals surface area (Å²) in [5, 5.41) is 9.02. The highest BCUT2D eigenvalue weighted by atomic mass is 19.4. The third kappa shape index (κ3) is 5.56. The molecule has 0 amide bonds. The molecule has 0 aromatic heterocycles. The van der Waals surface area contributed by atoms with Crippen molar-refractivity contribution in [2.45, 2.75) is 25.6 Å². The Labute approximate surface area is 191 Å². The molecule has 1 aliphatic rings. The van der Waals surface area contributed by atoms with E-state index in [1.54, 1.807) is 12.1 Å². The Bertz CT molecular complexity index is 1160. The number of nitriles is 1. The standard InChI is InChI=1S/C27H23F3N2O/c28-27(29,30)26-17-24(11-8-23(26)18-31)32-15-4-7-21(14-16-32)22-9-12-25(13-10-22)33-19-20-5-2-1-3-6-20/h1-3,5-6,8-14,17H,4,7,15-16,19H2. The highest BCUT2D eigenvalue weighted by molar-refractivity contribution is 5.68. The average molecular weight is 448 g/mol. The van der Waals surface area contributed by atoms with E-state index in [9.17, 15) is 13.2 Å². The fraction of sp³-hybridized carbons (Fsp3) is 0.222. The van der Waals surface area contributed by atoms with Crippen LogP contribution in [0.2, 0.25) is 0 Å². The van der Waals surface area contributed by atoms with Crippen molar-refractivity contribution in [3.8, 4) is 11.8 Å².